The molecule has 0 radical (unpaired) electrons. The van der Waals surface area contributed by atoms with E-state index < -0.39 is 0 Å². The number of aromatic nitrogens is 1. The summed E-state index contributed by atoms with van der Waals surface area (Å²) in [6.45, 7) is 4.99. The van der Waals surface area contributed by atoms with Crippen LogP contribution < -0.4 is 5.73 Å². The minimum absolute atomic E-state index is 0.0620. The van der Waals surface area contributed by atoms with Gasteiger partial charge in [0, 0.05) is 18.8 Å². The fourth-order valence-electron chi connectivity index (χ4n) is 2.11. The Morgan fingerprint density at radius 1 is 1.45 bits per heavy atom. The molecule has 106 valence electrons. The predicted octanol–water partition coefficient (Wildman–Crippen LogP) is 2.62. The van der Waals surface area contributed by atoms with E-state index >= 15 is 0 Å². The largest absolute Gasteiger partial charge is 0.399 e. The van der Waals surface area contributed by atoms with Gasteiger partial charge in [0.25, 0.3) is 5.91 Å². The molecule has 0 aliphatic carbocycles. The van der Waals surface area contributed by atoms with Gasteiger partial charge in [-0.2, -0.15) is 0 Å². The van der Waals surface area contributed by atoms with Gasteiger partial charge in [0.05, 0.1) is 6.20 Å². The van der Waals surface area contributed by atoms with Gasteiger partial charge in [-0.3, -0.25) is 4.79 Å². The summed E-state index contributed by atoms with van der Waals surface area (Å²) in [6, 6.07) is 7.58. The molecule has 2 rings (SSSR count). The fraction of sp³-hybridized carbons (Fsp3) is 0.333. The molecule has 0 saturated carbocycles. The standard InChI is InChI=1S/C15H19N3O2/c1-3-7-18(10-12-5-4-6-13(16)8-12)15(19)14-9-17-20-11(14)2/h4-6,8-9H,3,7,10,16H2,1-2H3. The van der Waals surface area contributed by atoms with E-state index in [0.29, 0.717) is 30.1 Å². The van der Waals surface area contributed by atoms with Crippen LogP contribution in [-0.2, 0) is 6.54 Å². The average Bonchev–Trinajstić information content (AvgIpc) is 2.84. The molecule has 2 aromatic rings. The number of anilines is 1. The van der Waals surface area contributed by atoms with Gasteiger partial charge < -0.3 is 15.2 Å². The SMILES string of the molecule is CCCN(Cc1cccc(N)c1)C(=O)c1cnoc1C. The third-order valence-corrected chi connectivity index (χ3v) is 3.09. The Bertz CT molecular complexity index is 592. The highest BCUT2D eigenvalue weighted by molar-refractivity contribution is 5.94. The predicted molar refractivity (Wildman–Crippen MR) is 77.1 cm³/mol. The zero-order valence-electron chi connectivity index (χ0n) is 11.8. The Kier molecular flexibility index (Phi) is 4.40. The number of nitrogens with two attached hydrogens (primary N) is 1. The van der Waals surface area contributed by atoms with Gasteiger partial charge in [-0.15, -0.1) is 0 Å². The van der Waals surface area contributed by atoms with E-state index in [0.717, 1.165) is 12.0 Å². The van der Waals surface area contributed by atoms with Crippen molar-refractivity contribution in [3.8, 4) is 0 Å². The fourth-order valence-corrected chi connectivity index (χ4v) is 2.11. The molecule has 1 amide bonds. The number of nitrogen functional groups attached to an aromatic ring is 1. The van der Waals surface area contributed by atoms with Gasteiger partial charge in [-0.05, 0) is 31.0 Å². The van der Waals surface area contributed by atoms with E-state index in [4.69, 9.17) is 10.3 Å². The molecule has 0 aliphatic rings. The van der Waals surface area contributed by atoms with Crippen molar-refractivity contribution in [2.24, 2.45) is 0 Å². The third kappa shape index (κ3) is 3.17. The van der Waals surface area contributed by atoms with Gasteiger partial charge >= 0.3 is 0 Å². The third-order valence-electron chi connectivity index (χ3n) is 3.09. The lowest BCUT2D eigenvalue weighted by molar-refractivity contribution is 0.0741. The number of amides is 1. The van der Waals surface area contributed by atoms with Crippen molar-refractivity contribution in [1.82, 2.24) is 10.1 Å². The van der Waals surface area contributed by atoms with Crippen molar-refractivity contribution in [3.05, 3.63) is 47.3 Å². The normalized spacial score (nSPS) is 10.5. The number of nitrogens with zero attached hydrogens (tertiary/aromatic N) is 2. The summed E-state index contributed by atoms with van der Waals surface area (Å²) in [5, 5.41) is 3.66. The molecular formula is C15H19N3O2. The number of carbonyl (C=O) groups is 1. The van der Waals surface area contributed by atoms with E-state index in [-0.39, 0.29) is 5.91 Å². The monoisotopic (exact) mass is 273 g/mol. The topological polar surface area (TPSA) is 72.4 Å². The molecule has 5 heteroatoms. The lowest BCUT2D eigenvalue weighted by atomic mass is 10.1. The molecule has 1 aromatic carbocycles. The van der Waals surface area contributed by atoms with Crippen LogP contribution in [0, 0.1) is 6.92 Å². The summed E-state index contributed by atoms with van der Waals surface area (Å²) in [5.41, 5.74) is 8.01. The number of hydrogen-bond acceptors (Lipinski definition) is 4. The molecule has 0 unspecified atom stereocenters. The first-order valence-electron chi connectivity index (χ1n) is 6.66. The number of carbonyl (C=O) groups excluding carboxylic acids is 1. The lowest BCUT2D eigenvalue weighted by Gasteiger charge is -2.22. The highest BCUT2D eigenvalue weighted by Gasteiger charge is 2.19. The van der Waals surface area contributed by atoms with Gasteiger partial charge in [0.15, 0.2) is 0 Å². The van der Waals surface area contributed by atoms with Crippen molar-refractivity contribution < 1.29 is 9.32 Å². The number of benzene rings is 1. The summed E-state index contributed by atoms with van der Waals surface area (Å²) in [6.07, 6.45) is 2.36. The van der Waals surface area contributed by atoms with Crippen LogP contribution in [0.5, 0.6) is 0 Å². The summed E-state index contributed by atoms with van der Waals surface area (Å²) in [4.78, 5) is 14.3. The van der Waals surface area contributed by atoms with Crippen molar-refractivity contribution in [1.29, 1.82) is 0 Å². The average molecular weight is 273 g/mol. The smallest absolute Gasteiger partial charge is 0.259 e. The van der Waals surface area contributed by atoms with Crippen molar-refractivity contribution in [2.75, 3.05) is 12.3 Å². The second kappa shape index (κ2) is 6.23. The van der Waals surface area contributed by atoms with Crippen LogP contribution in [0.1, 0.15) is 35.0 Å². The second-order valence-electron chi connectivity index (χ2n) is 4.77. The van der Waals surface area contributed by atoms with Crippen LogP contribution in [0.15, 0.2) is 35.0 Å². The summed E-state index contributed by atoms with van der Waals surface area (Å²) in [5.74, 6) is 0.483. The molecule has 0 fully saturated rings. The summed E-state index contributed by atoms with van der Waals surface area (Å²) < 4.78 is 4.97. The first-order chi connectivity index (χ1) is 9.61. The molecule has 1 heterocycles. The molecule has 5 nitrogen and oxygen atoms in total. The Morgan fingerprint density at radius 3 is 2.85 bits per heavy atom. The minimum atomic E-state index is -0.0620. The maximum Gasteiger partial charge on any atom is 0.259 e. The zero-order chi connectivity index (χ0) is 14.5. The molecule has 0 spiro atoms. The Hall–Kier alpha value is -2.30. The quantitative estimate of drug-likeness (QED) is 0.850. The highest BCUT2D eigenvalue weighted by Crippen LogP contribution is 2.15. The first-order valence-corrected chi connectivity index (χ1v) is 6.66. The number of aryl methyl sites for hydroxylation is 1. The second-order valence-corrected chi connectivity index (χ2v) is 4.77. The van der Waals surface area contributed by atoms with Crippen LogP contribution in [-0.4, -0.2) is 22.5 Å². The Balaban J connectivity index is 2.19. The molecule has 20 heavy (non-hydrogen) atoms. The van der Waals surface area contributed by atoms with E-state index in [9.17, 15) is 4.79 Å². The molecule has 1 aromatic heterocycles. The zero-order valence-corrected chi connectivity index (χ0v) is 11.8. The van der Waals surface area contributed by atoms with Crippen LogP contribution >= 0.6 is 0 Å². The van der Waals surface area contributed by atoms with Gasteiger partial charge in [-0.25, -0.2) is 0 Å². The number of rotatable bonds is 5. The maximum atomic E-state index is 12.5. The molecule has 0 bridgehead atoms. The van der Waals surface area contributed by atoms with E-state index in [2.05, 4.69) is 5.16 Å². The van der Waals surface area contributed by atoms with Gasteiger partial charge in [0.1, 0.15) is 11.3 Å². The van der Waals surface area contributed by atoms with E-state index in [1.54, 1.807) is 11.8 Å². The molecule has 2 N–H and O–H groups in total. The molecule has 0 atom stereocenters. The molecular weight excluding hydrogens is 254 g/mol. The van der Waals surface area contributed by atoms with Gasteiger partial charge in [-0.1, -0.05) is 24.2 Å². The van der Waals surface area contributed by atoms with E-state index in [1.807, 2.05) is 31.2 Å². The maximum absolute atomic E-state index is 12.5. The Morgan fingerprint density at radius 2 is 2.25 bits per heavy atom. The van der Waals surface area contributed by atoms with Gasteiger partial charge in [0.2, 0.25) is 0 Å². The minimum Gasteiger partial charge on any atom is -0.399 e. The summed E-state index contributed by atoms with van der Waals surface area (Å²) in [7, 11) is 0. The summed E-state index contributed by atoms with van der Waals surface area (Å²) >= 11 is 0. The van der Waals surface area contributed by atoms with Crippen LogP contribution in [0.25, 0.3) is 0 Å². The van der Waals surface area contributed by atoms with Crippen molar-refractivity contribution >= 4 is 11.6 Å². The lowest BCUT2D eigenvalue weighted by Crippen LogP contribution is -2.31. The first kappa shape index (κ1) is 14.1. The molecule has 0 saturated heterocycles. The van der Waals surface area contributed by atoms with E-state index in [1.165, 1.54) is 6.20 Å². The van der Waals surface area contributed by atoms with Crippen LogP contribution in [0.3, 0.4) is 0 Å². The van der Waals surface area contributed by atoms with Crippen LogP contribution in [0.4, 0.5) is 5.69 Å². The highest BCUT2D eigenvalue weighted by atomic mass is 16.5. The molecule has 0 aliphatic heterocycles. The number of hydrogen-bond donors (Lipinski definition) is 1. The Labute approximate surface area is 118 Å². The van der Waals surface area contributed by atoms with Crippen molar-refractivity contribution in [3.63, 3.8) is 0 Å². The van der Waals surface area contributed by atoms with Crippen molar-refractivity contribution in [2.45, 2.75) is 26.8 Å². The van der Waals surface area contributed by atoms with Crippen LogP contribution in [0.2, 0.25) is 0 Å².